The Hall–Kier alpha value is -6.69. The highest BCUT2D eigenvalue weighted by Gasteiger charge is 2.28. The van der Waals surface area contributed by atoms with Crippen molar-refractivity contribution in [3.63, 3.8) is 0 Å². The molecule has 0 heterocycles. The van der Waals surface area contributed by atoms with Crippen molar-refractivity contribution in [2.45, 2.75) is 59.4 Å². The summed E-state index contributed by atoms with van der Waals surface area (Å²) >= 11 is 0. The fourth-order valence-electron chi connectivity index (χ4n) is 6.03. The Morgan fingerprint density at radius 3 is 1.53 bits per heavy atom. The minimum atomic E-state index is -1.01. The summed E-state index contributed by atoms with van der Waals surface area (Å²) in [6.45, 7) is 7.16. The molecule has 5 aromatic carbocycles. The summed E-state index contributed by atoms with van der Waals surface area (Å²) in [4.78, 5) is 66.3. The fraction of sp³-hybridized carbons (Fsp3) is 0.267. The van der Waals surface area contributed by atoms with Crippen LogP contribution in [0.2, 0.25) is 0 Å². The first kappa shape index (κ1) is 41.5. The molecule has 12 heteroatoms. The van der Waals surface area contributed by atoms with Crippen molar-refractivity contribution in [3.05, 3.63) is 144 Å². The molecule has 0 aliphatic carbocycles. The third-order valence-corrected chi connectivity index (χ3v) is 9.06. The maximum absolute atomic E-state index is 13.7. The average Bonchev–Trinajstić information content (AvgIpc) is 3.20. The second kappa shape index (κ2) is 20.3. The highest BCUT2D eigenvalue weighted by Crippen LogP contribution is 2.23. The van der Waals surface area contributed by atoms with Crippen molar-refractivity contribution in [2.24, 2.45) is 11.8 Å². The quantitative estimate of drug-likeness (QED) is 0.0580. The van der Waals surface area contributed by atoms with E-state index in [2.05, 4.69) is 21.3 Å². The molecular weight excluding hydrogens is 725 g/mol. The summed E-state index contributed by atoms with van der Waals surface area (Å²) in [5.41, 5.74) is 2.94. The lowest BCUT2D eigenvalue weighted by Gasteiger charge is -2.23. The van der Waals surface area contributed by atoms with Gasteiger partial charge in [-0.3, -0.25) is 9.59 Å². The molecule has 12 nitrogen and oxygen atoms in total. The number of fused-ring (bicyclic) bond motifs is 1. The summed E-state index contributed by atoms with van der Waals surface area (Å²) in [5.74, 6) is -2.55. The molecule has 4 N–H and O–H groups in total. The van der Waals surface area contributed by atoms with E-state index in [1.165, 1.54) is 18.2 Å². The van der Waals surface area contributed by atoms with Crippen LogP contribution in [0, 0.1) is 11.8 Å². The molecule has 0 aliphatic heterocycles. The van der Waals surface area contributed by atoms with Gasteiger partial charge in [0.05, 0.1) is 12.2 Å². The minimum Gasteiger partial charge on any atom is -0.462 e. The molecule has 2 atom stereocenters. The molecule has 0 aliphatic rings. The molecule has 0 radical (unpaired) electrons. The predicted octanol–water partition coefficient (Wildman–Crippen LogP) is 8.02. The van der Waals surface area contributed by atoms with Crippen molar-refractivity contribution < 1.29 is 38.2 Å². The lowest BCUT2D eigenvalue weighted by molar-refractivity contribution is -0.119. The van der Waals surface area contributed by atoms with Gasteiger partial charge in [-0.05, 0) is 57.5 Å². The van der Waals surface area contributed by atoms with Gasteiger partial charge in [-0.1, -0.05) is 131 Å². The van der Waals surface area contributed by atoms with Gasteiger partial charge in [0, 0.05) is 17.8 Å². The highest BCUT2D eigenvalue weighted by atomic mass is 16.6. The van der Waals surface area contributed by atoms with Crippen LogP contribution in [-0.4, -0.2) is 48.7 Å². The number of anilines is 2. The molecular formula is C45H48N4O8. The molecule has 5 aromatic rings. The van der Waals surface area contributed by atoms with Gasteiger partial charge in [0.15, 0.2) is 0 Å². The first-order chi connectivity index (χ1) is 27.5. The molecule has 0 bridgehead atoms. The highest BCUT2D eigenvalue weighted by molar-refractivity contribution is 6.02. The molecule has 296 valence electrons. The molecule has 0 fully saturated rings. The van der Waals surface area contributed by atoms with Crippen molar-refractivity contribution in [1.82, 2.24) is 10.6 Å². The molecule has 0 saturated heterocycles. The van der Waals surface area contributed by atoms with E-state index in [-0.39, 0.29) is 48.6 Å². The van der Waals surface area contributed by atoms with E-state index in [9.17, 15) is 24.0 Å². The van der Waals surface area contributed by atoms with Gasteiger partial charge >= 0.3 is 18.2 Å². The lowest BCUT2D eigenvalue weighted by Crippen LogP contribution is -2.47. The van der Waals surface area contributed by atoms with Crippen LogP contribution >= 0.6 is 0 Å². The summed E-state index contributed by atoms with van der Waals surface area (Å²) in [7, 11) is 0. The van der Waals surface area contributed by atoms with Crippen LogP contribution in [0.1, 0.15) is 54.7 Å². The van der Waals surface area contributed by atoms with Crippen molar-refractivity contribution >= 4 is 52.1 Å². The number of benzene rings is 5. The minimum absolute atomic E-state index is 0.0177. The van der Waals surface area contributed by atoms with Crippen LogP contribution in [0.25, 0.3) is 10.8 Å². The number of esters is 1. The lowest BCUT2D eigenvalue weighted by atomic mass is 10.0. The Bertz CT molecular complexity index is 2050. The van der Waals surface area contributed by atoms with E-state index in [0.717, 1.165) is 27.5 Å². The Kier molecular flexibility index (Phi) is 14.8. The molecule has 0 saturated carbocycles. The van der Waals surface area contributed by atoms with Gasteiger partial charge in [-0.2, -0.15) is 0 Å². The normalized spacial score (nSPS) is 12.0. The van der Waals surface area contributed by atoms with E-state index in [4.69, 9.17) is 14.2 Å². The smallest absolute Gasteiger partial charge is 0.408 e. The van der Waals surface area contributed by atoms with E-state index in [0.29, 0.717) is 6.42 Å². The second-order valence-electron chi connectivity index (χ2n) is 14.2. The molecule has 57 heavy (non-hydrogen) atoms. The van der Waals surface area contributed by atoms with Gasteiger partial charge in [-0.15, -0.1) is 0 Å². The average molecular weight is 773 g/mol. The van der Waals surface area contributed by atoms with Gasteiger partial charge in [0.2, 0.25) is 11.8 Å². The zero-order valence-corrected chi connectivity index (χ0v) is 32.5. The molecule has 4 amide bonds. The number of alkyl carbamates (subject to hydrolysis) is 2. The summed E-state index contributed by atoms with van der Waals surface area (Å²) in [5, 5.41) is 12.9. The van der Waals surface area contributed by atoms with Crippen LogP contribution < -0.4 is 21.3 Å². The number of hydrogen-bond acceptors (Lipinski definition) is 8. The van der Waals surface area contributed by atoms with Crippen LogP contribution in [0.15, 0.2) is 121 Å². The van der Waals surface area contributed by atoms with Gasteiger partial charge in [0.1, 0.15) is 25.3 Å². The standard InChI is InChI=1S/C45H48N4O8/c1-29(2)39(48-44(53)56-27-31-14-7-5-8-15-31)41(50)46-36-24-35(43(52)55-23-22-34-20-13-19-33-18-11-12-21-38(33)34)25-37(26-36)47-42(51)40(30(3)4)49-45(54)57-28-32-16-9-6-10-17-32/h5-21,24-26,29-30,39-40H,22-23,27-28H2,1-4H3,(H,46,50)(H,47,51)(H,48,53)(H,49,54)/t39-,40-/m0/s1. The third kappa shape index (κ3) is 12.4. The topological polar surface area (TPSA) is 161 Å². The number of ether oxygens (including phenoxy) is 3. The summed E-state index contributed by atoms with van der Waals surface area (Å²) < 4.78 is 16.4. The zero-order chi connectivity index (χ0) is 40.7. The van der Waals surface area contributed by atoms with Crippen molar-refractivity contribution in [3.8, 4) is 0 Å². The monoisotopic (exact) mass is 772 g/mol. The molecule has 5 rings (SSSR count). The predicted molar refractivity (Wildman–Crippen MR) is 218 cm³/mol. The fourth-order valence-corrected chi connectivity index (χ4v) is 6.03. The third-order valence-electron chi connectivity index (χ3n) is 9.06. The van der Waals surface area contributed by atoms with E-state index in [1.54, 1.807) is 27.7 Å². The number of nitrogens with one attached hydrogen (secondary N) is 4. The molecule has 0 unspecified atom stereocenters. The Labute approximate surface area is 332 Å². The second-order valence-corrected chi connectivity index (χ2v) is 14.2. The Morgan fingerprint density at radius 2 is 1.02 bits per heavy atom. The number of carbonyl (C=O) groups is 5. The van der Waals surface area contributed by atoms with E-state index in [1.807, 2.05) is 103 Å². The maximum Gasteiger partial charge on any atom is 0.408 e. The SMILES string of the molecule is CC(C)[C@H](NC(=O)OCc1ccccc1)C(=O)Nc1cc(NC(=O)[C@@H](NC(=O)OCc2ccccc2)C(C)C)cc(C(=O)OCCc2cccc3ccccc23)c1. The van der Waals surface area contributed by atoms with Crippen LogP contribution in [0.3, 0.4) is 0 Å². The largest absolute Gasteiger partial charge is 0.462 e. The van der Waals surface area contributed by atoms with Crippen molar-refractivity contribution in [1.29, 1.82) is 0 Å². The number of carbonyl (C=O) groups excluding carboxylic acids is 5. The van der Waals surface area contributed by atoms with E-state index < -0.39 is 42.1 Å². The van der Waals surface area contributed by atoms with Gasteiger partial charge in [0.25, 0.3) is 0 Å². The summed E-state index contributed by atoms with van der Waals surface area (Å²) in [6.07, 6.45) is -1.10. The first-order valence-corrected chi connectivity index (χ1v) is 18.8. The zero-order valence-electron chi connectivity index (χ0n) is 32.5. The van der Waals surface area contributed by atoms with Crippen LogP contribution in [-0.2, 0) is 43.4 Å². The van der Waals surface area contributed by atoms with Gasteiger partial charge in [-0.25, -0.2) is 14.4 Å². The number of amides is 4. The van der Waals surface area contributed by atoms with Crippen LogP contribution in [0.5, 0.6) is 0 Å². The molecule has 0 aromatic heterocycles. The number of rotatable bonds is 16. The molecule has 0 spiro atoms. The Morgan fingerprint density at radius 1 is 0.544 bits per heavy atom. The van der Waals surface area contributed by atoms with Crippen LogP contribution in [0.4, 0.5) is 21.0 Å². The Balaban J connectivity index is 1.31. The number of hydrogen-bond donors (Lipinski definition) is 4. The van der Waals surface area contributed by atoms with Crippen molar-refractivity contribution in [2.75, 3.05) is 17.2 Å². The first-order valence-electron chi connectivity index (χ1n) is 18.8. The van der Waals surface area contributed by atoms with Gasteiger partial charge < -0.3 is 35.5 Å². The maximum atomic E-state index is 13.7. The van der Waals surface area contributed by atoms with E-state index >= 15 is 0 Å². The summed E-state index contributed by atoms with van der Waals surface area (Å²) in [6, 6.07) is 34.4.